The molecule has 1 aliphatic carbocycles. The van der Waals surface area contributed by atoms with Gasteiger partial charge in [0.15, 0.2) is 0 Å². The minimum Gasteiger partial charge on any atom is -0.301 e. The third kappa shape index (κ3) is 2.53. The third-order valence-corrected chi connectivity index (χ3v) is 5.51. The normalized spacial score (nSPS) is 31.2. The zero-order chi connectivity index (χ0) is 11.9. The number of rotatable bonds is 2. The summed E-state index contributed by atoms with van der Waals surface area (Å²) in [5, 5.41) is 0. The van der Waals surface area contributed by atoms with E-state index in [0.29, 0.717) is 0 Å². The lowest BCUT2D eigenvalue weighted by molar-refractivity contribution is 0.0229. The van der Waals surface area contributed by atoms with Crippen LogP contribution in [0.5, 0.6) is 0 Å². The summed E-state index contributed by atoms with van der Waals surface area (Å²) in [6.07, 6.45) is 8.85. The lowest BCUT2D eigenvalue weighted by Crippen LogP contribution is -2.48. The van der Waals surface area contributed by atoms with Gasteiger partial charge in [0.2, 0.25) is 0 Å². The quantitative estimate of drug-likeness (QED) is 0.727. The number of hydrogen-bond acceptors (Lipinski definition) is 2. The third-order valence-electron chi connectivity index (χ3n) is 5.51. The maximum atomic E-state index is 2.76. The highest BCUT2D eigenvalue weighted by molar-refractivity contribution is 4.95. The van der Waals surface area contributed by atoms with E-state index in [1.54, 1.807) is 0 Å². The van der Waals surface area contributed by atoms with Gasteiger partial charge in [-0.1, -0.05) is 0 Å². The largest absolute Gasteiger partial charge is 0.301 e. The van der Waals surface area contributed by atoms with Gasteiger partial charge in [-0.15, -0.1) is 0 Å². The molecule has 3 rings (SSSR count). The molecule has 0 aromatic carbocycles. The molecule has 2 saturated heterocycles. The van der Waals surface area contributed by atoms with Gasteiger partial charge in [0.1, 0.15) is 0 Å². The van der Waals surface area contributed by atoms with Gasteiger partial charge in [0.25, 0.3) is 0 Å². The Labute approximate surface area is 106 Å². The molecule has 2 aliphatic heterocycles. The molecule has 1 spiro atoms. The second kappa shape index (κ2) is 4.55. The smallest absolute Gasteiger partial charge is 0.00964 e. The zero-order valence-electron chi connectivity index (χ0n) is 11.6. The number of nitrogens with zero attached hydrogens (tertiary/aromatic N) is 2. The van der Waals surface area contributed by atoms with Gasteiger partial charge in [0, 0.05) is 12.1 Å². The minimum absolute atomic E-state index is 0.733. The van der Waals surface area contributed by atoms with Crippen molar-refractivity contribution in [2.75, 3.05) is 26.2 Å². The van der Waals surface area contributed by atoms with Crippen molar-refractivity contribution in [3.05, 3.63) is 0 Å². The van der Waals surface area contributed by atoms with Crippen LogP contribution in [0.3, 0.4) is 0 Å². The fourth-order valence-corrected chi connectivity index (χ4v) is 3.82. The molecule has 98 valence electrons. The van der Waals surface area contributed by atoms with Crippen molar-refractivity contribution in [3.63, 3.8) is 0 Å². The topological polar surface area (TPSA) is 6.48 Å². The first-order valence-electron chi connectivity index (χ1n) is 7.67. The Bertz CT molecular complexity index is 231. The Balaban J connectivity index is 1.51. The van der Waals surface area contributed by atoms with E-state index in [1.807, 2.05) is 0 Å². The highest BCUT2D eigenvalue weighted by Crippen LogP contribution is 2.43. The van der Waals surface area contributed by atoms with Crippen LogP contribution in [0.1, 0.15) is 52.4 Å². The Kier molecular flexibility index (Phi) is 3.20. The minimum atomic E-state index is 0.733. The summed E-state index contributed by atoms with van der Waals surface area (Å²) >= 11 is 0. The van der Waals surface area contributed by atoms with Crippen molar-refractivity contribution in [1.29, 1.82) is 0 Å². The molecule has 0 N–H and O–H groups in total. The lowest BCUT2D eigenvalue weighted by atomic mass is 9.71. The fraction of sp³-hybridized carbons (Fsp3) is 1.00. The van der Waals surface area contributed by atoms with Crippen LogP contribution in [0.25, 0.3) is 0 Å². The highest BCUT2D eigenvalue weighted by Gasteiger charge is 2.40. The van der Waals surface area contributed by atoms with E-state index < -0.39 is 0 Å². The van der Waals surface area contributed by atoms with Crippen LogP contribution in [-0.4, -0.2) is 48.1 Å². The number of likely N-dealkylation sites (tertiary alicyclic amines) is 2. The Morgan fingerprint density at radius 3 is 1.88 bits per heavy atom. The molecule has 0 aromatic heterocycles. The lowest BCUT2D eigenvalue weighted by Gasteiger charge is -2.48. The molecule has 1 saturated carbocycles. The second-order valence-electron chi connectivity index (χ2n) is 6.90. The van der Waals surface area contributed by atoms with Gasteiger partial charge in [-0.2, -0.15) is 0 Å². The monoisotopic (exact) mass is 236 g/mol. The van der Waals surface area contributed by atoms with Crippen molar-refractivity contribution < 1.29 is 0 Å². The molecule has 0 atom stereocenters. The Morgan fingerprint density at radius 1 is 0.882 bits per heavy atom. The second-order valence-corrected chi connectivity index (χ2v) is 6.90. The van der Waals surface area contributed by atoms with Gasteiger partial charge in [-0.3, -0.25) is 0 Å². The summed E-state index contributed by atoms with van der Waals surface area (Å²) in [4.78, 5) is 5.43. The van der Waals surface area contributed by atoms with Crippen LogP contribution in [0.4, 0.5) is 0 Å². The maximum Gasteiger partial charge on any atom is 0.00964 e. The van der Waals surface area contributed by atoms with Crippen LogP contribution >= 0.6 is 0 Å². The summed E-state index contributed by atoms with van der Waals surface area (Å²) in [7, 11) is 0. The molecular weight excluding hydrogens is 208 g/mol. The molecule has 3 aliphatic rings. The first-order valence-corrected chi connectivity index (χ1v) is 7.67. The Morgan fingerprint density at radius 2 is 1.41 bits per heavy atom. The predicted molar refractivity (Wildman–Crippen MR) is 72.2 cm³/mol. The van der Waals surface area contributed by atoms with Crippen molar-refractivity contribution in [2.24, 2.45) is 5.41 Å². The highest BCUT2D eigenvalue weighted by atomic mass is 15.2. The summed E-state index contributed by atoms with van der Waals surface area (Å²) in [6, 6.07) is 1.74. The average Bonchev–Trinajstić information content (AvgIpc) is 3.15. The van der Waals surface area contributed by atoms with E-state index in [0.717, 1.165) is 17.5 Å². The Hall–Kier alpha value is -0.0800. The molecular formula is C15H28N2. The molecule has 0 aromatic rings. The average molecular weight is 236 g/mol. The van der Waals surface area contributed by atoms with Crippen molar-refractivity contribution >= 4 is 0 Å². The van der Waals surface area contributed by atoms with Crippen molar-refractivity contribution in [2.45, 2.75) is 64.5 Å². The molecule has 0 radical (unpaired) electrons. The van der Waals surface area contributed by atoms with Crippen LogP contribution in [0.2, 0.25) is 0 Å². The molecule has 3 fully saturated rings. The fourth-order valence-electron chi connectivity index (χ4n) is 3.82. The van der Waals surface area contributed by atoms with E-state index in [9.17, 15) is 0 Å². The molecule has 0 amide bonds. The van der Waals surface area contributed by atoms with Crippen molar-refractivity contribution in [1.82, 2.24) is 9.80 Å². The van der Waals surface area contributed by atoms with E-state index in [4.69, 9.17) is 0 Å². The number of piperidine rings is 2. The van der Waals surface area contributed by atoms with E-state index >= 15 is 0 Å². The van der Waals surface area contributed by atoms with Crippen molar-refractivity contribution in [3.8, 4) is 0 Å². The van der Waals surface area contributed by atoms with Gasteiger partial charge >= 0.3 is 0 Å². The molecule has 2 heteroatoms. The van der Waals surface area contributed by atoms with Crippen LogP contribution < -0.4 is 0 Å². The molecule has 0 bridgehead atoms. The standard InChI is InChI=1S/C15H28N2/c1-13(2)16-9-5-15(6-10-16)7-11-17(12-8-15)14-3-4-14/h13-14H,3-12H2,1-2H3. The summed E-state index contributed by atoms with van der Waals surface area (Å²) in [5.74, 6) is 0. The molecule has 2 heterocycles. The van der Waals surface area contributed by atoms with Gasteiger partial charge in [-0.25, -0.2) is 0 Å². The molecule has 2 nitrogen and oxygen atoms in total. The van der Waals surface area contributed by atoms with E-state index in [1.165, 1.54) is 64.7 Å². The molecule has 0 unspecified atom stereocenters. The van der Waals surface area contributed by atoms with Gasteiger partial charge in [0.05, 0.1) is 0 Å². The maximum absolute atomic E-state index is 2.76. The molecule has 17 heavy (non-hydrogen) atoms. The van der Waals surface area contributed by atoms with Gasteiger partial charge in [-0.05, 0) is 84.0 Å². The van der Waals surface area contributed by atoms with Crippen LogP contribution in [0, 0.1) is 5.41 Å². The summed E-state index contributed by atoms with van der Waals surface area (Å²) in [5.41, 5.74) is 0.733. The first-order chi connectivity index (χ1) is 8.19. The zero-order valence-corrected chi connectivity index (χ0v) is 11.6. The van der Waals surface area contributed by atoms with Crippen LogP contribution in [0.15, 0.2) is 0 Å². The number of hydrogen-bond donors (Lipinski definition) is 0. The van der Waals surface area contributed by atoms with E-state index in [-0.39, 0.29) is 0 Å². The summed E-state index contributed by atoms with van der Waals surface area (Å²) < 4.78 is 0. The predicted octanol–water partition coefficient (Wildman–Crippen LogP) is 2.74. The first kappa shape index (κ1) is 12.0. The van der Waals surface area contributed by atoms with Crippen LogP contribution in [-0.2, 0) is 0 Å². The summed E-state index contributed by atoms with van der Waals surface area (Å²) in [6.45, 7) is 10.2. The van der Waals surface area contributed by atoms with Gasteiger partial charge < -0.3 is 9.80 Å². The SMILES string of the molecule is CC(C)N1CCC2(CC1)CCN(C1CC1)CC2. The van der Waals surface area contributed by atoms with E-state index in [2.05, 4.69) is 23.6 Å².